The molecule has 128 valence electrons. The molecule has 3 rings (SSSR count). The van der Waals surface area contributed by atoms with Gasteiger partial charge in [-0.1, -0.05) is 0 Å². The molecule has 2 saturated heterocycles. The Morgan fingerprint density at radius 3 is 2.74 bits per heavy atom. The van der Waals surface area contributed by atoms with Crippen LogP contribution in [-0.2, 0) is 4.74 Å². The minimum absolute atomic E-state index is 0.219. The summed E-state index contributed by atoms with van der Waals surface area (Å²) < 4.78 is 5.95. The summed E-state index contributed by atoms with van der Waals surface area (Å²) in [7, 11) is 4.27. The maximum atomic E-state index is 5.95. The predicted molar refractivity (Wildman–Crippen MR) is 91.8 cm³/mol. The molecule has 1 unspecified atom stereocenters. The summed E-state index contributed by atoms with van der Waals surface area (Å²) in [5, 5.41) is 0. The molecular formula is C17H29N5O. The second-order valence-electron chi connectivity index (χ2n) is 7.36. The summed E-state index contributed by atoms with van der Waals surface area (Å²) in [5.74, 6) is 0.840. The fourth-order valence-electron chi connectivity index (χ4n) is 3.52. The molecule has 1 aromatic rings. The van der Waals surface area contributed by atoms with E-state index in [1.807, 2.05) is 19.3 Å². The molecule has 0 amide bonds. The Morgan fingerprint density at radius 2 is 2.00 bits per heavy atom. The van der Waals surface area contributed by atoms with Crippen molar-refractivity contribution in [3.05, 3.63) is 18.0 Å². The summed E-state index contributed by atoms with van der Waals surface area (Å²) in [5.41, 5.74) is 1.32. The third-order valence-electron chi connectivity index (χ3n) is 4.87. The number of aromatic nitrogens is 2. The van der Waals surface area contributed by atoms with E-state index in [0.29, 0.717) is 0 Å². The largest absolute Gasteiger partial charge is 0.379 e. The smallest absolute Gasteiger partial charge is 0.225 e. The summed E-state index contributed by atoms with van der Waals surface area (Å²) in [6, 6.07) is 0. The molecule has 6 nitrogen and oxygen atoms in total. The first kappa shape index (κ1) is 16.6. The van der Waals surface area contributed by atoms with Crippen LogP contribution in [0.3, 0.4) is 0 Å². The second kappa shape index (κ2) is 7.11. The summed E-state index contributed by atoms with van der Waals surface area (Å²) >= 11 is 0. The zero-order valence-electron chi connectivity index (χ0n) is 14.7. The van der Waals surface area contributed by atoms with Gasteiger partial charge in [0.25, 0.3) is 0 Å². The maximum absolute atomic E-state index is 5.95. The SMILES string of the molecule is Cc1cnc(N2CCOCC3(CCN(CCN(C)C)C3)C2)nc1. The van der Waals surface area contributed by atoms with Crippen LogP contribution in [0.5, 0.6) is 0 Å². The van der Waals surface area contributed by atoms with Crippen LogP contribution in [0.15, 0.2) is 12.4 Å². The number of aryl methyl sites for hydroxylation is 1. The van der Waals surface area contributed by atoms with Gasteiger partial charge in [0.1, 0.15) is 0 Å². The van der Waals surface area contributed by atoms with E-state index in [2.05, 4.69) is 38.8 Å². The molecule has 0 radical (unpaired) electrons. The van der Waals surface area contributed by atoms with Gasteiger partial charge in [-0.2, -0.15) is 0 Å². The Bertz CT molecular complexity index is 506. The van der Waals surface area contributed by atoms with Crippen molar-refractivity contribution in [2.45, 2.75) is 13.3 Å². The Hall–Kier alpha value is -1.24. The van der Waals surface area contributed by atoms with Crippen molar-refractivity contribution in [2.75, 3.05) is 71.5 Å². The highest BCUT2D eigenvalue weighted by atomic mass is 16.5. The van der Waals surface area contributed by atoms with Gasteiger partial charge in [0.05, 0.1) is 13.2 Å². The molecule has 0 aliphatic carbocycles. The van der Waals surface area contributed by atoms with Gasteiger partial charge >= 0.3 is 0 Å². The molecule has 1 atom stereocenters. The van der Waals surface area contributed by atoms with Crippen LogP contribution in [0.4, 0.5) is 5.95 Å². The first-order valence-electron chi connectivity index (χ1n) is 8.55. The summed E-state index contributed by atoms with van der Waals surface area (Å²) in [6.45, 7) is 10.0. The van der Waals surface area contributed by atoms with E-state index in [4.69, 9.17) is 4.74 Å². The summed E-state index contributed by atoms with van der Waals surface area (Å²) in [4.78, 5) is 16.2. The van der Waals surface area contributed by atoms with Crippen LogP contribution in [0.1, 0.15) is 12.0 Å². The van der Waals surface area contributed by atoms with Gasteiger partial charge in [0.2, 0.25) is 5.95 Å². The number of ether oxygens (including phenoxy) is 1. The van der Waals surface area contributed by atoms with E-state index in [1.54, 1.807) is 0 Å². The van der Waals surface area contributed by atoms with Crippen molar-refractivity contribution >= 4 is 5.95 Å². The third-order valence-corrected chi connectivity index (χ3v) is 4.87. The number of nitrogens with zero attached hydrogens (tertiary/aromatic N) is 5. The van der Waals surface area contributed by atoms with Gasteiger partial charge in [0, 0.05) is 50.5 Å². The molecular weight excluding hydrogens is 290 g/mol. The molecule has 2 aliphatic heterocycles. The number of hydrogen-bond donors (Lipinski definition) is 0. The molecule has 2 fully saturated rings. The van der Waals surface area contributed by atoms with Gasteiger partial charge in [0.15, 0.2) is 0 Å². The normalized spacial score (nSPS) is 26.2. The average Bonchev–Trinajstić information content (AvgIpc) is 2.80. The highest BCUT2D eigenvalue weighted by molar-refractivity contribution is 5.31. The number of likely N-dealkylation sites (N-methyl/N-ethyl adjacent to an activating group) is 1. The predicted octanol–water partition coefficient (Wildman–Crippen LogP) is 0.875. The molecule has 0 N–H and O–H groups in total. The third kappa shape index (κ3) is 4.19. The van der Waals surface area contributed by atoms with Gasteiger partial charge < -0.3 is 19.4 Å². The van der Waals surface area contributed by atoms with Crippen molar-refractivity contribution < 1.29 is 4.74 Å². The molecule has 3 heterocycles. The molecule has 2 aliphatic rings. The van der Waals surface area contributed by atoms with E-state index in [9.17, 15) is 0 Å². The molecule has 0 aromatic carbocycles. The van der Waals surface area contributed by atoms with Crippen LogP contribution in [0, 0.1) is 12.3 Å². The summed E-state index contributed by atoms with van der Waals surface area (Å²) in [6.07, 6.45) is 5.00. The molecule has 23 heavy (non-hydrogen) atoms. The fourth-order valence-corrected chi connectivity index (χ4v) is 3.52. The molecule has 6 heteroatoms. The first-order valence-corrected chi connectivity index (χ1v) is 8.55. The number of likely N-dealkylation sites (tertiary alicyclic amines) is 1. The Morgan fingerprint density at radius 1 is 1.22 bits per heavy atom. The average molecular weight is 319 g/mol. The van der Waals surface area contributed by atoms with Gasteiger partial charge in [-0.15, -0.1) is 0 Å². The van der Waals surface area contributed by atoms with Crippen LogP contribution >= 0.6 is 0 Å². The lowest BCUT2D eigenvalue weighted by Gasteiger charge is -2.32. The topological polar surface area (TPSA) is 44.7 Å². The lowest BCUT2D eigenvalue weighted by molar-refractivity contribution is 0.0730. The number of rotatable bonds is 4. The minimum atomic E-state index is 0.219. The quantitative estimate of drug-likeness (QED) is 0.821. The van der Waals surface area contributed by atoms with Crippen molar-refractivity contribution in [2.24, 2.45) is 5.41 Å². The minimum Gasteiger partial charge on any atom is -0.379 e. The standard InChI is InChI=1S/C17H29N5O/c1-15-10-18-16(19-11-15)22-8-9-23-14-17(13-22)4-5-21(12-17)7-6-20(2)3/h10-11H,4-9,12-14H2,1-3H3. The molecule has 0 saturated carbocycles. The van der Waals surface area contributed by atoms with Gasteiger partial charge in [-0.05, 0) is 39.5 Å². The van der Waals surface area contributed by atoms with Crippen molar-refractivity contribution in [1.29, 1.82) is 0 Å². The van der Waals surface area contributed by atoms with E-state index >= 15 is 0 Å². The Labute approximate surface area is 139 Å². The Kier molecular flexibility index (Phi) is 5.14. The second-order valence-corrected chi connectivity index (χ2v) is 7.36. The molecule has 1 aromatic heterocycles. The van der Waals surface area contributed by atoms with Crippen molar-refractivity contribution in [1.82, 2.24) is 19.8 Å². The van der Waals surface area contributed by atoms with Gasteiger partial charge in [-0.3, -0.25) is 0 Å². The van der Waals surface area contributed by atoms with E-state index < -0.39 is 0 Å². The van der Waals surface area contributed by atoms with Crippen molar-refractivity contribution in [3.8, 4) is 0 Å². The zero-order valence-corrected chi connectivity index (χ0v) is 14.7. The van der Waals surface area contributed by atoms with Gasteiger partial charge in [-0.25, -0.2) is 9.97 Å². The number of hydrogen-bond acceptors (Lipinski definition) is 6. The Balaban J connectivity index is 1.66. The molecule has 1 spiro atoms. The fraction of sp³-hybridized carbons (Fsp3) is 0.765. The lowest BCUT2D eigenvalue weighted by atomic mass is 9.87. The van der Waals surface area contributed by atoms with Crippen LogP contribution in [0.2, 0.25) is 0 Å². The van der Waals surface area contributed by atoms with Crippen molar-refractivity contribution in [3.63, 3.8) is 0 Å². The van der Waals surface area contributed by atoms with Crippen LogP contribution in [0.25, 0.3) is 0 Å². The zero-order chi connectivity index (χ0) is 16.3. The van der Waals surface area contributed by atoms with E-state index in [-0.39, 0.29) is 5.41 Å². The van der Waals surface area contributed by atoms with Crippen LogP contribution in [-0.4, -0.2) is 86.3 Å². The highest BCUT2D eigenvalue weighted by Gasteiger charge is 2.41. The van der Waals surface area contributed by atoms with E-state index in [0.717, 1.165) is 57.4 Å². The van der Waals surface area contributed by atoms with Crippen LogP contribution < -0.4 is 4.90 Å². The monoisotopic (exact) mass is 319 g/mol. The lowest BCUT2D eigenvalue weighted by Crippen LogP contribution is -2.42. The van der Waals surface area contributed by atoms with E-state index in [1.165, 1.54) is 13.0 Å². The maximum Gasteiger partial charge on any atom is 0.225 e. The highest BCUT2D eigenvalue weighted by Crippen LogP contribution is 2.34. The number of anilines is 1. The first-order chi connectivity index (χ1) is 11.1. The molecule has 0 bridgehead atoms.